The lowest BCUT2D eigenvalue weighted by Crippen LogP contribution is -2.61. The van der Waals surface area contributed by atoms with Crippen molar-refractivity contribution in [2.45, 2.75) is 136 Å². The first-order valence-corrected chi connectivity index (χ1v) is 23.6. The fourth-order valence-corrected chi connectivity index (χ4v) is 13.5. The minimum atomic E-state index is -0.0843. The van der Waals surface area contributed by atoms with Gasteiger partial charge in [0, 0.05) is 54.3 Å². The molecule has 11 rings (SSSR count). The van der Waals surface area contributed by atoms with Gasteiger partial charge in [0.2, 0.25) is 0 Å². The van der Waals surface area contributed by atoms with Gasteiger partial charge in [0.25, 0.3) is 6.71 Å². The largest absolute Gasteiger partial charge is 0.311 e. The van der Waals surface area contributed by atoms with Crippen molar-refractivity contribution in [2.75, 3.05) is 9.80 Å². The van der Waals surface area contributed by atoms with Crippen LogP contribution in [0.5, 0.6) is 0 Å². The van der Waals surface area contributed by atoms with Gasteiger partial charge in [-0.3, -0.25) is 0 Å². The number of nitrogens with zero attached hydrogens (tertiary/aromatic N) is 2. The second-order valence-corrected chi connectivity index (χ2v) is 24.0. The highest BCUT2D eigenvalue weighted by Crippen LogP contribution is 2.55. The fraction of sp³-hybridized carbons (Fsp3) is 0.368. The summed E-state index contributed by atoms with van der Waals surface area (Å²) in [5.74, 6) is 0. The highest BCUT2D eigenvalue weighted by molar-refractivity contribution is 7.26. The third kappa shape index (κ3) is 5.52. The molecule has 2 nitrogen and oxygen atoms in total. The molecule has 6 aromatic carbocycles. The van der Waals surface area contributed by atoms with E-state index in [0.29, 0.717) is 0 Å². The topological polar surface area (TPSA) is 6.48 Å². The van der Waals surface area contributed by atoms with Gasteiger partial charge in [-0.1, -0.05) is 125 Å². The number of fused-ring (bicyclic) bond motifs is 9. The summed E-state index contributed by atoms with van der Waals surface area (Å²) < 4.78 is 2.71. The molecular formula is C57H61BN2S. The van der Waals surface area contributed by atoms with E-state index in [1.807, 2.05) is 11.3 Å². The lowest BCUT2D eigenvalue weighted by atomic mass is 9.33. The van der Waals surface area contributed by atoms with Crippen molar-refractivity contribution < 1.29 is 0 Å². The molecular weight excluding hydrogens is 756 g/mol. The molecule has 1 aromatic heterocycles. The van der Waals surface area contributed by atoms with Crippen LogP contribution in [0, 0.1) is 13.8 Å². The normalized spacial score (nSPS) is 18.8. The number of aryl methyl sites for hydroxylation is 2. The van der Waals surface area contributed by atoms with E-state index >= 15 is 0 Å². The summed E-state index contributed by atoms with van der Waals surface area (Å²) in [6, 6.07) is 38.9. The van der Waals surface area contributed by atoms with E-state index in [4.69, 9.17) is 0 Å². The van der Waals surface area contributed by atoms with Crippen LogP contribution in [-0.2, 0) is 27.1 Å². The molecule has 0 spiro atoms. The first-order chi connectivity index (χ1) is 28.7. The molecule has 0 unspecified atom stereocenters. The van der Waals surface area contributed by atoms with Crippen LogP contribution in [0.2, 0.25) is 0 Å². The lowest BCUT2D eigenvalue weighted by Gasteiger charge is -2.47. The lowest BCUT2D eigenvalue weighted by molar-refractivity contribution is 0.332. The molecule has 0 radical (unpaired) electrons. The van der Waals surface area contributed by atoms with Gasteiger partial charge in [-0.05, 0) is 164 Å². The number of rotatable bonds is 2. The van der Waals surface area contributed by atoms with Crippen LogP contribution in [0.3, 0.4) is 0 Å². The second-order valence-electron chi connectivity index (χ2n) is 22.9. The number of anilines is 6. The van der Waals surface area contributed by atoms with E-state index in [1.54, 1.807) is 0 Å². The Morgan fingerprint density at radius 3 is 1.70 bits per heavy atom. The maximum atomic E-state index is 2.74. The Kier molecular flexibility index (Phi) is 7.97. The first-order valence-electron chi connectivity index (χ1n) is 22.8. The third-order valence-corrected chi connectivity index (χ3v) is 16.8. The van der Waals surface area contributed by atoms with E-state index in [-0.39, 0.29) is 33.8 Å². The first kappa shape index (κ1) is 39.1. The molecule has 308 valence electrons. The fourth-order valence-electron chi connectivity index (χ4n) is 12.4. The molecule has 4 heteroatoms. The van der Waals surface area contributed by atoms with Crippen molar-refractivity contribution in [1.82, 2.24) is 0 Å². The van der Waals surface area contributed by atoms with Crippen LogP contribution in [-0.4, -0.2) is 6.71 Å². The van der Waals surface area contributed by atoms with E-state index in [2.05, 4.69) is 197 Å². The van der Waals surface area contributed by atoms with E-state index in [0.717, 1.165) is 6.42 Å². The van der Waals surface area contributed by atoms with E-state index < -0.39 is 0 Å². The van der Waals surface area contributed by atoms with Crippen LogP contribution in [0.25, 0.3) is 20.2 Å². The summed E-state index contributed by atoms with van der Waals surface area (Å²) in [6.07, 6.45) is 3.53. The third-order valence-electron chi connectivity index (χ3n) is 15.7. The van der Waals surface area contributed by atoms with Crippen molar-refractivity contribution in [3.8, 4) is 0 Å². The predicted molar refractivity (Wildman–Crippen MR) is 267 cm³/mol. The van der Waals surface area contributed by atoms with Gasteiger partial charge in [0.1, 0.15) is 0 Å². The monoisotopic (exact) mass is 816 g/mol. The Bertz CT molecular complexity index is 3040. The molecule has 0 saturated heterocycles. The predicted octanol–water partition coefficient (Wildman–Crippen LogP) is 14.4. The van der Waals surface area contributed by atoms with Gasteiger partial charge < -0.3 is 9.80 Å². The summed E-state index contributed by atoms with van der Waals surface area (Å²) in [5, 5.41) is 2.69. The highest BCUT2D eigenvalue weighted by Gasteiger charge is 2.49. The molecule has 0 fully saturated rings. The van der Waals surface area contributed by atoms with Crippen LogP contribution >= 0.6 is 11.3 Å². The minimum Gasteiger partial charge on any atom is -0.311 e. The molecule has 4 aliphatic rings. The number of benzene rings is 6. The number of hydrogen-bond donors (Lipinski definition) is 0. The highest BCUT2D eigenvalue weighted by atomic mass is 32.1. The SMILES string of the molecule is Cc1ccccc1N1c2cc3c(cc2B2c4cc5c(cc4N(c4cc6c(cc4C)C(C)(C)CCC6(C)C)c4cc(C(C)(C)C)cc1c42)C(C)(C)CC5(C)C)sc1ccccc13. The molecule has 0 amide bonds. The summed E-state index contributed by atoms with van der Waals surface area (Å²) in [4.78, 5) is 5.39. The average molecular weight is 817 g/mol. The van der Waals surface area contributed by atoms with Crippen LogP contribution in [0.1, 0.15) is 134 Å². The molecule has 2 aliphatic heterocycles. The van der Waals surface area contributed by atoms with Crippen molar-refractivity contribution in [2.24, 2.45) is 0 Å². The molecule has 0 saturated carbocycles. The molecule has 0 atom stereocenters. The minimum absolute atomic E-state index is 0.0600. The van der Waals surface area contributed by atoms with Crippen molar-refractivity contribution in [3.05, 3.63) is 136 Å². The zero-order valence-corrected chi connectivity index (χ0v) is 39.6. The van der Waals surface area contributed by atoms with Crippen LogP contribution in [0.15, 0.2) is 97.1 Å². The Labute approximate surface area is 369 Å². The van der Waals surface area contributed by atoms with Gasteiger partial charge in [-0.15, -0.1) is 11.3 Å². The van der Waals surface area contributed by atoms with Crippen molar-refractivity contribution in [1.29, 1.82) is 0 Å². The Balaban J connectivity index is 1.32. The summed E-state index contributed by atoms with van der Waals surface area (Å²) >= 11 is 1.94. The maximum Gasteiger partial charge on any atom is 0.252 e. The Morgan fingerprint density at radius 1 is 0.492 bits per heavy atom. The van der Waals surface area contributed by atoms with Gasteiger partial charge >= 0.3 is 0 Å². The van der Waals surface area contributed by atoms with Crippen LogP contribution < -0.4 is 26.2 Å². The van der Waals surface area contributed by atoms with E-state index in [1.165, 1.54) is 122 Å². The van der Waals surface area contributed by atoms with Crippen molar-refractivity contribution in [3.63, 3.8) is 0 Å². The molecule has 2 aliphatic carbocycles. The Morgan fingerprint density at radius 2 is 1.03 bits per heavy atom. The Hall–Kier alpha value is -4.80. The molecule has 0 bridgehead atoms. The summed E-state index contributed by atoms with van der Waals surface area (Å²) in [6.45, 7) is 31.7. The van der Waals surface area contributed by atoms with Gasteiger partial charge in [0.15, 0.2) is 0 Å². The number of hydrogen-bond acceptors (Lipinski definition) is 3. The molecule has 0 N–H and O–H groups in total. The van der Waals surface area contributed by atoms with Gasteiger partial charge in [-0.2, -0.15) is 0 Å². The molecule has 61 heavy (non-hydrogen) atoms. The van der Waals surface area contributed by atoms with Crippen LogP contribution in [0.4, 0.5) is 34.1 Å². The standard InChI is InChI=1S/C57H61BN2S/c1-33-18-14-16-20-44(33)59-46-27-37-36-19-15-17-21-50(36)61-51(37)31-43(46)58-42-28-39-41(57(12,13)32-56(39,10)11)30-47(42)60(49-26-35(53(3,4)5)25-48(59)52(49)58)45-29-40-38(24-34(45)2)54(6,7)22-23-55(40,8)9/h14-21,24-31H,22-23,32H2,1-13H3. The van der Waals surface area contributed by atoms with Gasteiger partial charge in [0.05, 0.1) is 0 Å². The molecule has 3 heterocycles. The summed E-state index contributed by atoms with van der Waals surface area (Å²) in [7, 11) is 0. The van der Waals surface area contributed by atoms with Gasteiger partial charge in [-0.25, -0.2) is 0 Å². The van der Waals surface area contributed by atoms with Crippen molar-refractivity contribution >= 4 is 88.7 Å². The average Bonchev–Trinajstić information content (AvgIpc) is 3.64. The smallest absolute Gasteiger partial charge is 0.252 e. The zero-order valence-electron chi connectivity index (χ0n) is 38.7. The molecule has 7 aromatic rings. The quantitative estimate of drug-likeness (QED) is 0.160. The number of para-hydroxylation sites is 1. The summed E-state index contributed by atoms with van der Waals surface area (Å²) in [5.41, 5.74) is 22.4. The zero-order chi connectivity index (χ0) is 42.9. The number of thiophene rings is 1. The maximum absolute atomic E-state index is 2.74. The second kappa shape index (κ2) is 12.4. The van der Waals surface area contributed by atoms with E-state index in [9.17, 15) is 0 Å².